The molecule has 0 radical (unpaired) electrons. The summed E-state index contributed by atoms with van der Waals surface area (Å²) in [5.74, 6) is -0.226. The van der Waals surface area contributed by atoms with E-state index in [-0.39, 0.29) is 12.2 Å². The molecule has 0 fully saturated rings. The molecule has 2 N–H and O–H groups in total. The standard InChI is InChI=1S/C9H8N2O/c10-6-5-9(12)7-3-1-2-4-8(7)11/h1-4H,5,11H2. The summed E-state index contributed by atoms with van der Waals surface area (Å²) in [6.07, 6.45) is -0.117. The average molecular weight is 160 g/mol. The predicted molar refractivity (Wildman–Crippen MR) is 45.4 cm³/mol. The van der Waals surface area contributed by atoms with Crippen molar-refractivity contribution in [1.82, 2.24) is 0 Å². The zero-order chi connectivity index (χ0) is 8.97. The van der Waals surface area contributed by atoms with Gasteiger partial charge in [-0.05, 0) is 12.1 Å². The smallest absolute Gasteiger partial charge is 0.178 e. The van der Waals surface area contributed by atoms with Crippen LogP contribution in [0, 0.1) is 11.3 Å². The molecule has 0 aliphatic carbocycles. The van der Waals surface area contributed by atoms with Crippen molar-refractivity contribution in [3.63, 3.8) is 0 Å². The van der Waals surface area contributed by atoms with E-state index in [2.05, 4.69) is 0 Å². The lowest BCUT2D eigenvalue weighted by atomic mass is 10.1. The number of nitriles is 1. The summed E-state index contributed by atoms with van der Waals surface area (Å²) in [5.41, 5.74) is 6.38. The van der Waals surface area contributed by atoms with E-state index >= 15 is 0 Å². The number of hydrogen-bond donors (Lipinski definition) is 1. The van der Waals surface area contributed by atoms with Gasteiger partial charge in [0.05, 0.1) is 12.5 Å². The molecule has 1 rings (SSSR count). The predicted octanol–water partition coefficient (Wildman–Crippen LogP) is 1.37. The first-order valence-electron chi connectivity index (χ1n) is 3.50. The number of Topliss-reactive ketones (excluding diaryl/α,β-unsaturated/α-hetero) is 1. The molecular formula is C9H8N2O. The van der Waals surface area contributed by atoms with Crippen LogP contribution >= 0.6 is 0 Å². The number of benzene rings is 1. The van der Waals surface area contributed by atoms with Gasteiger partial charge < -0.3 is 5.73 Å². The fourth-order valence-electron chi connectivity index (χ4n) is 0.918. The zero-order valence-corrected chi connectivity index (χ0v) is 6.45. The first kappa shape index (κ1) is 8.28. The fraction of sp³-hybridized carbons (Fsp3) is 0.111. The first-order valence-corrected chi connectivity index (χ1v) is 3.50. The van der Waals surface area contributed by atoms with Crippen LogP contribution in [-0.4, -0.2) is 5.78 Å². The summed E-state index contributed by atoms with van der Waals surface area (Å²) in [4.78, 5) is 11.2. The first-order chi connectivity index (χ1) is 5.75. The van der Waals surface area contributed by atoms with Crippen molar-refractivity contribution in [1.29, 1.82) is 5.26 Å². The van der Waals surface area contributed by atoms with Gasteiger partial charge in [0.15, 0.2) is 5.78 Å². The highest BCUT2D eigenvalue weighted by atomic mass is 16.1. The topological polar surface area (TPSA) is 66.9 Å². The molecule has 60 valence electrons. The van der Waals surface area contributed by atoms with Crippen LogP contribution < -0.4 is 5.73 Å². The van der Waals surface area contributed by atoms with Gasteiger partial charge in [0.1, 0.15) is 0 Å². The molecule has 0 aliphatic rings. The number of nitrogen functional groups attached to an aromatic ring is 1. The van der Waals surface area contributed by atoms with Crippen molar-refractivity contribution in [2.75, 3.05) is 5.73 Å². The lowest BCUT2D eigenvalue weighted by Gasteiger charge is -1.99. The van der Waals surface area contributed by atoms with Gasteiger partial charge in [-0.3, -0.25) is 4.79 Å². The number of hydrogen-bond acceptors (Lipinski definition) is 3. The third-order valence-electron chi connectivity index (χ3n) is 1.50. The summed E-state index contributed by atoms with van der Waals surface area (Å²) in [7, 11) is 0. The Kier molecular flexibility index (Phi) is 2.44. The maximum absolute atomic E-state index is 11.2. The summed E-state index contributed by atoms with van der Waals surface area (Å²) in [6, 6.07) is 8.52. The monoisotopic (exact) mass is 160 g/mol. The second-order valence-corrected chi connectivity index (χ2v) is 2.35. The van der Waals surface area contributed by atoms with Crippen molar-refractivity contribution in [2.24, 2.45) is 0 Å². The number of rotatable bonds is 2. The molecule has 0 spiro atoms. The third-order valence-corrected chi connectivity index (χ3v) is 1.50. The summed E-state index contributed by atoms with van der Waals surface area (Å²) >= 11 is 0. The van der Waals surface area contributed by atoms with Crippen molar-refractivity contribution in [3.8, 4) is 6.07 Å². The van der Waals surface area contributed by atoms with Crippen molar-refractivity contribution in [3.05, 3.63) is 29.8 Å². The molecule has 0 heterocycles. The van der Waals surface area contributed by atoms with Gasteiger partial charge in [-0.2, -0.15) is 5.26 Å². The van der Waals surface area contributed by atoms with Gasteiger partial charge in [-0.25, -0.2) is 0 Å². The van der Waals surface area contributed by atoms with Crippen LogP contribution in [0.1, 0.15) is 16.8 Å². The number of anilines is 1. The highest BCUT2D eigenvalue weighted by Crippen LogP contribution is 2.12. The molecule has 0 aliphatic heterocycles. The van der Waals surface area contributed by atoms with E-state index in [4.69, 9.17) is 11.0 Å². The molecule has 0 atom stereocenters. The van der Waals surface area contributed by atoms with E-state index < -0.39 is 0 Å². The summed E-state index contributed by atoms with van der Waals surface area (Å²) in [5, 5.41) is 8.28. The Morgan fingerprint density at radius 1 is 1.50 bits per heavy atom. The largest absolute Gasteiger partial charge is 0.398 e. The Hall–Kier alpha value is -1.82. The van der Waals surface area contributed by atoms with Gasteiger partial charge >= 0.3 is 0 Å². The average Bonchev–Trinajstić information content (AvgIpc) is 2.05. The van der Waals surface area contributed by atoms with E-state index in [1.165, 1.54) is 0 Å². The maximum Gasteiger partial charge on any atom is 0.178 e. The van der Waals surface area contributed by atoms with Gasteiger partial charge in [-0.15, -0.1) is 0 Å². The Bertz CT molecular complexity index is 339. The van der Waals surface area contributed by atoms with E-state index in [9.17, 15) is 4.79 Å². The molecule has 1 aromatic carbocycles. The van der Waals surface area contributed by atoms with Crippen LogP contribution in [0.3, 0.4) is 0 Å². The normalized spacial score (nSPS) is 8.92. The second kappa shape index (κ2) is 3.54. The highest BCUT2D eigenvalue weighted by Gasteiger charge is 2.06. The Balaban J connectivity index is 2.97. The van der Waals surface area contributed by atoms with E-state index in [1.54, 1.807) is 30.3 Å². The third kappa shape index (κ3) is 1.61. The van der Waals surface area contributed by atoms with E-state index in [0.29, 0.717) is 11.3 Å². The van der Waals surface area contributed by atoms with Gasteiger partial charge in [0, 0.05) is 11.3 Å². The zero-order valence-electron chi connectivity index (χ0n) is 6.45. The molecule has 0 bridgehead atoms. The van der Waals surface area contributed by atoms with Crippen LogP contribution in [0.25, 0.3) is 0 Å². The second-order valence-electron chi connectivity index (χ2n) is 2.35. The molecule has 12 heavy (non-hydrogen) atoms. The molecule has 3 nitrogen and oxygen atoms in total. The molecule has 0 amide bonds. The number of ketones is 1. The number of carbonyl (C=O) groups is 1. The molecular weight excluding hydrogens is 152 g/mol. The molecule has 3 heteroatoms. The van der Waals surface area contributed by atoms with Crippen molar-refractivity contribution >= 4 is 11.5 Å². The lowest BCUT2D eigenvalue weighted by Crippen LogP contribution is -2.01. The van der Waals surface area contributed by atoms with Crippen molar-refractivity contribution < 1.29 is 4.79 Å². The van der Waals surface area contributed by atoms with Gasteiger partial charge in [0.25, 0.3) is 0 Å². The van der Waals surface area contributed by atoms with E-state index in [0.717, 1.165) is 0 Å². The number of nitrogens with two attached hydrogens (primary N) is 1. The molecule has 0 saturated heterocycles. The fourth-order valence-corrected chi connectivity index (χ4v) is 0.918. The van der Waals surface area contributed by atoms with Crippen LogP contribution in [0.4, 0.5) is 5.69 Å². The maximum atomic E-state index is 11.2. The molecule has 0 aromatic heterocycles. The minimum absolute atomic E-state index is 0.117. The summed E-state index contributed by atoms with van der Waals surface area (Å²) in [6.45, 7) is 0. The lowest BCUT2D eigenvalue weighted by molar-refractivity contribution is 0.0998. The minimum Gasteiger partial charge on any atom is -0.398 e. The molecule has 1 aromatic rings. The van der Waals surface area contributed by atoms with Gasteiger partial charge in [-0.1, -0.05) is 12.1 Å². The van der Waals surface area contributed by atoms with Crippen LogP contribution in [0.2, 0.25) is 0 Å². The highest BCUT2D eigenvalue weighted by molar-refractivity contribution is 6.01. The molecule has 0 saturated carbocycles. The van der Waals surface area contributed by atoms with Gasteiger partial charge in [0.2, 0.25) is 0 Å². The van der Waals surface area contributed by atoms with Crippen LogP contribution in [0.5, 0.6) is 0 Å². The van der Waals surface area contributed by atoms with Crippen molar-refractivity contribution in [2.45, 2.75) is 6.42 Å². The summed E-state index contributed by atoms with van der Waals surface area (Å²) < 4.78 is 0. The van der Waals surface area contributed by atoms with Crippen LogP contribution in [-0.2, 0) is 0 Å². The quantitative estimate of drug-likeness (QED) is 0.524. The molecule has 0 unspecified atom stereocenters. The Morgan fingerprint density at radius 2 is 2.17 bits per heavy atom. The number of carbonyl (C=O) groups excluding carboxylic acids is 1. The Morgan fingerprint density at radius 3 is 2.75 bits per heavy atom. The Labute approximate surface area is 70.4 Å². The number of nitrogens with zero attached hydrogens (tertiary/aromatic N) is 1. The SMILES string of the molecule is N#CCC(=O)c1ccccc1N. The van der Waals surface area contributed by atoms with E-state index in [1.807, 2.05) is 0 Å². The number of para-hydroxylation sites is 1. The van der Waals surface area contributed by atoms with Crippen LogP contribution in [0.15, 0.2) is 24.3 Å². The minimum atomic E-state index is -0.226.